The standard InChI is InChI=1S/C13H11BrCl2N4/c14-7-3-4-8(12(16)11(7)15)18-10-5-9(17)19-13(20-10)6-1-2-6/h3-6H,1-2H2,(H3,17,18,19,20). The molecule has 0 amide bonds. The van der Waals surface area contributed by atoms with Crippen molar-refractivity contribution < 1.29 is 0 Å². The van der Waals surface area contributed by atoms with E-state index in [2.05, 4.69) is 31.2 Å². The van der Waals surface area contributed by atoms with E-state index < -0.39 is 0 Å². The first-order valence-electron chi connectivity index (χ1n) is 6.09. The summed E-state index contributed by atoms with van der Waals surface area (Å²) >= 11 is 15.6. The zero-order valence-corrected chi connectivity index (χ0v) is 13.4. The lowest BCUT2D eigenvalue weighted by Crippen LogP contribution is -2.03. The Morgan fingerprint density at radius 3 is 2.65 bits per heavy atom. The summed E-state index contributed by atoms with van der Waals surface area (Å²) in [5.74, 6) is 2.29. The van der Waals surface area contributed by atoms with E-state index in [1.54, 1.807) is 6.07 Å². The van der Waals surface area contributed by atoms with Gasteiger partial charge in [-0.3, -0.25) is 0 Å². The number of nitrogens with one attached hydrogen (secondary N) is 1. The van der Waals surface area contributed by atoms with Gasteiger partial charge in [0.25, 0.3) is 0 Å². The van der Waals surface area contributed by atoms with Gasteiger partial charge in [-0.1, -0.05) is 23.2 Å². The zero-order valence-electron chi connectivity index (χ0n) is 10.3. The predicted molar refractivity (Wildman–Crippen MR) is 85.9 cm³/mol. The lowest BCUT2D eigenvalue weighted by molar-refractivity contribution is 0.936. The van der Waals surface area contributed by atoms with Crippen molar-refractivity contribution in [2.24, 2.45) is 0 Å². The number of anilines is 3. The Balaban J connectivity index is 1.93. The lowest BCUT2D eigenvalue weighted by Gasteiger charge is -2.11. The van der Waals surface area contributed by atoms with Crippen molar-refractivity contribution in [1.29, 1.82) is 0 Å². The lowest BCUT2D eigenvalue weighted by atomic mass is 10.3. The molecule has 0 spiro atoms. The molecule has 2 aromatic rings. The Bertz CT molecular complexity index is 674. The molecule has 0 bridgehead atoms. The zero-order chi connectivity index (χ0) is 14.3. The number of aromatic nitrogens is 2. The van der Waals surface area contributed by atoms with E-state index in [4.69, 9.17) is 28.9 Å². The van der Waals surface area contributed by atoms with E-state index >= 15 is 0 Å². The largest absolute Gasteiger partial charge is 0.384 e. The van der Waals surface area contributed by atoms with Crippen molar-refractivity contribution in [1.82, 2.24) is 9.97 Å². The highest BCUT2D eigenvalue weighted by molar-refractivity contribution is 9.10. The second-order valence-corrected chi connectivity index (χ2v) is 6.27. The second-order valence-electron chi connectivity index (χ2n) is 4.66. The molecule has 0 saturated heterocycles. The number of nitrogen functional groups attached to an aromatic ring is 1. The number of halogens is 3. The van der Waals surface area contributed by atoms with Crippen LogP contribution >= 0.6 is 39.1 Å². The summed E-state index contributed by atoms with van der Waals surface area (Å²) in [5.41, 5.74) is 6.49. The van der Waals surface area contributed by atoms with Crippen LogP contribution in [0.3, 0.4) is 0 Å². The third kappa shape index (κ3) is 2.85. The van der Waals surface area contributed by atoms with E-state index in [0.717, 1.165) is 23.1 Å². The first-order chi connectivity index (χ1) is 9.54. The molecule has 104 valence electrons. The van der Waals surface area contributed by atoms with Crippen molar-refractivity contribution in [3.05, 3.63) is 38.5 Å². The van der Waals surface area contributed by atoms with Gasteiger partial charge in [-0.05, 0) is 40.9 Å². The van der Waals surface area contributed by atoms with Gasteiger partial charge in [-0.2, -0.15) is 0 Å². The fourth-order valence-corrected chi connectivity index (χ4v) is 2.66. The van der Waals surface area contributed by atoms with Gasteiger partial charge in [0.05, 0.1) is 15.7 Å². The fraction of sp³-hybridized carbons (Fsp3) is 0.231. The van der Waals surface area contributed by atoms with Gasteiger partial charge in [0, 0.05) is 16.5 Å². The molecule has 1 fully saturated rings. The smallest absolute Gasteiger partial charge is 0.136 e. The minimum absolute atomic E-state index is 0.433. The van der Waals surface area contributed by atoms with Crippen LogP contribution in [0.2, 0.25) is 10.0 Å². The Morgan fingerprint density at radius 2 is 1.95 bits per heavy atom. The van der Waals surface area contributed by atoms with Crippen molar-refractivity contribution in [2.75, 3.05) is 11.1 Å². The van der Waals surface area contributed by atoms with Crippen molar-refractivity contribution in [3.63, 3.8) is 0 Å². The molecule has 1 aromatic heterocycles. The predicted octanol–water partition coefficient (Wildman–Crippen LogP) is 4.75. The van der Waals surface area contributed by atoms with Gasteiger partial charge in [0.2, 0.25) is 0 Å². The molecule has 7 heteroatoms. The number of nitrogens with zero attached hydrogens (tertiary/aromatic N) is 2. The summed E-state index contributed by atoms with van der Waals surface area (Å²) in [7, 11) is 0. The molecule has 3 N–H and O–H groups in total. The van der Waals surface area contributed by atoms with Crippen molar-refractivity contribution in [2.45, 2.75) is 18.8 Å². The average Bonchev–Trinajstić information content (AvgIpc) is 3.23. The van der Waals surface area contributed by atoms with Gasteiger partial charge in [0.1, 0.15) is 17.5 Å². The van der Waals surface area contributed by atoms with Crippen LogP contribution in [-0.2, 0) is 0 Å². The van der Waals surface area contributed by atoms with E-state index in [-0.39, 0.29) is 0 Å². The number of rotatable bonds is 3. The molecular formula is C13H11BrCl2N4. The summed E-state index contributed by atoms with van der Waals surface area (Å²) in [6.07, 6.45) is 2.24. The molecule has 0 atom stereocenters. The van der Waals surface area contributed by atoms with Gasteiger partial charge in [-0.15, -0.1) is 0 Å². The highest BCUT2D eigenvalue weighted by Gasteiger charge is 2.27. The third-order valence-electron chi connectivity index (χ3n) is 3.00. The summed E-state index contributed by atoms with van der Waals surface area (Å²) in [4.78, 5) is 8.72. The van der Waals surface area contributed by atoms with Gasteiger partial charge < -0.3 is 11.1 Å². The molecule has 0 unspecified atom stereocenters. The van der Waals surface area contributed by atoms with E-state index in [1.165, 1.54) is 0 Å². The van der Waals surface area contributed by atoms with Crippen LogP contribution in [0.15, 0.2) is 22.7 Å². The molecule has 0 radical (unpaired) electrons. The summed E-state index contributed by atoms with van der Waals surface area (Å²) in [6, 6.07) is 5.33. The molecule has 1 heterocycles. The van der Waals surface area contributed by atoms with Crippen LogP contribution in [0.4, 0.5) is 17.3 Å². The normalized spacial score (nSPS) is 14.3. The number of hydrogen-bond acceptors (Lipinski definition) is 4. The van der Waals surface area contributed by atoms with E-state index in [9.17, 15) is 0 Å². The fourth-order valence-electron chi connectivity index (χ4n) is 1.83. The van der Waals surface area contributed by atoms with Crippen LogP contribution in [-0.4, -0.2) is 9.97 Å². The van der Waals surface area contributed by atoms with Crippen LogP contribution in [0, 0.1) is 0 Å². The molecule has 20 heavy (non-hydrogen) atoms. The quantitative estimate of drug-likeness (QED) is 0.762. The summed E-state index contributed by atoms with van der Waals surface area (Å²) < 4.78 is 0.746. The minimum Gasteiger partial charge on any atom is -0.384 e. The Kier molecular flexibility index (Phi) is 3.75. The Labute approximate surface area is 134 Å². The molecule has 0 aliphatic heterocycles. The monoisotopic (exact) mass is 372 g/mol. The molecule has 3 rings (SSSR count). The summed E-state index contributed by atoms with van der Waals surface area (Å²) in [5, 5.41) is 4.03. The van der Waals surface area contributed by atoms with Gasteiger partial charge in [0.15, 0.2) is 0 Å². The first kappa shape index (κ1) is 13.9. The maximum Gasteiger partial charge on any atom is 0.136 e. The topological polar surface area (TPSA) is 63.8 Å². The second kappa shape index (κ2) is 5.39. The SMILES string of the molecule is Nc1cc(Nc2ccc(Br)c(Cl)c2Cl)nc(C2CC2)n1. The number of benzene rings is 1. The highest BCUT2D eigenvalue weighted by atomic mass is 79.9. The van der Waals surface area contributed by atoms with E-state index in [1.807, 2.05) is 12.1 Å². The molecular weight excluding hydrogens is 363 g/mol. The van der Waals surface area contributed by atoms with E-state index in [0.29, 0.717) is 33.3 Å². The molecule has 1 aromatic carbocycles. The third-order valence-corrected chi connectivity index (χ3v) is 4.77. The van der Waals surface area contributed by atoms with Gasteiger partial charge in [-0.25, -0.2) is 9.97 Å². The van der Waals surface area contributed by atoms with Crippen LogP contribution in [0.25, 0.3) is 0 Å². The molecule has 1 saturated carbocycles. The molecule has 1 aliphatic rings. The number of nitrogens with two attached hydrogens (primary N) is 1. The summed E-state index contributed by atoms with van der Waals surface area (Å²) in [6.45, 7) is 0. The van der Waals surface area contributed by atoms with Gasteiger partial charge >= 0.3 is 0 Å². The molecule has 1 aliphatic carbocycles. The van der Waals surface area contributed by atoms with Crippen LogP contribution < -0.4 is 11.1 Å². The highest BCUT2D eigenvalue weighted by Crippen LogP contribution is 2.40. The Morgan fingerprint density at radius 1 is 1.20 bits per heavy atom. The van der Waals surface area contributed by atoms with Crippen LogP contribution in [0.1, 0.15) is 24.6 Å². The minimum atomic E-state index is 0.433. The van der Waals surface area contributed by atoms with Crippen molar-refractivity contribution in [3.8, 4) is 0 Å². The number of hydrogen-bond donors (Lipinski definition) is 2. The van der Waals surface area contributed by atoms with Crippen molar-refractivity contribution >= 4 is 56.5 Å². The molecule has 4 nitrogen and oxygen atoms in total. The Hall–Kier alpha value is -1.04. The first-order valence-corrected chi connectivity index (χ1v) is 7.64. The van der Waals surface area contributed by atoms with Crippen LogP contribution in [0.5, 0.6) is 0 Å². The maximum absolute atomic E-state index is 6.20. The maximum atomic E-state index is 6.20. The average molecular weight is 374 g/mol.